The Labute approximate surface area is 115 Å². The Balaban J connectivity index is 2.68. The molecule has 0 aliphatic heterocycles. The van der Waals surface area contributed by atoms with Gasteiger partial charge < -0.3 is 9.88 Å². The fourth-order valence-electron chi connectivity index (χ4n) is 1.65. The largest absolute Gasteiger partial charge is 0.337 e. The summed E-state index contributed by atoms with van der Waals surface area (Å²) in [4.78, 5) is 4.14. The highest BCUT2D eigenvalue weighted by atomic mass is 32.2. The molecule has 1 N–H and O–H groups in total. The molecule has 19 heavy (non-hydrogen) atoms. The van der Waals surface area contributed by atoms with E-state index < -0.39 is 15.3 Å². The molecule has 1 unspecified atom stereocenters. The van der Waals surface area contributed by atoms with Crippen LogP contribution in [0.1, 0.15) is 26.6 Å². The van der Waals surface area contributed by atoms with E-state index in [4.69, 9.17) is 0 Å². The normalized spacial score (nSPS) is 14.3. The third-order valence-electron chi connectivity index (χ3n) is 3.04. The van der Waals surface area contributed by atoms with Gasteiger partial charge in [0.1, 0.15) is 5.82 Å². The van der Waals surface area contributed by atoms with Crippen LogP contribution < -0.4 is 5.32 Å². The zero-order valence-electron chi connectivity index (χ0n) is 12.3. The van der Waals surface area contributed by atoms with Gasteiger partial charge in [0.05, 0.1) is 11.8 Å². The van der Waals surface area contributed by atoms with Crippen LogP contribution in [0.25, 0.3) is 0 Å². The van der Waals surface area contributed by atoms with Gasteiger partial charge in [-0.05, 0) is 6.92 Å². The van der Waals surface area contributed by atoms with Crippen LogP contribution >= 0.6 is 0 Å². The van der Waals surface area contributed by atoms with Gasteiger partial charge in [0.2, 0.25) is 10.0 Å². The Morgan fingerprint density at radius 2 is 2.05 bits per heavy atom. The highest BCUT2D eigenvalue weighted by Crippen LogP contribution is 2.10. The molecule has 1 heterocycles. The zero-order valence-corrected chi connectivity index (χ0v) is 13.1. The van der Waals surface area contributed by atoms with Crippen LogP contribution in [0.15, 0.2) is 12.4 Å². The van der Waals surface area contributed by atoms with Crippen LogP contribution in [-0.4, -0.2) is 47.2 Å². The second-order valence-electron chi connectivity index (χ2n) is 5.13. The first-order valence-corrected chi connectivity index (χ1v) is 7.90. The molecule has 0 amide bonds. The average Bonchev–Trinajstić information content (AvgIpc) is 2.71. The summed E-state index contributed by atoms with van der Waals surface area (Å²) < 4.78 is 27.8. The maximum absolute atomic E-state index is 12.3. The Hall–Kier alpha value is -0.920. The van der Waals surface area contributed by atoms with Gasteiger partial charge in [0, 0.05) is 39.1 Å². The third kappa shape index (κ3) is 4.29. The fraction of sp³-hybridized carbons (Fsp3) is 0.750. The molecule has 1 atom stereocenters. The average molecular weight is 288 g/mol. The lowest BCUT2D eigenvalue weighted by atomic mass is 10.3. The molecule has 0 spiro atoms. The first-order chi connectivity index (χ1) is 8.75. The lowest BCUT2D eigenvalue weighted by Gasteiger charge is -2.22. The Kier molecular flexibility index (Phi) is 5.51. The summed E-state index contributed by atoms with van der Waals surface area (Å²) in [5.74, 6) is 0.732. The molecule has 7 heteroatoms. The summed E-state index contributed by atoms with van der Waals surface area (Å²) in [6.07, 6.45) is 3.47. The van der Waals surface area contributed by atoms with E-state index in [0.29, 0.717) is 6.54 Å². The highest BCUT2D eigenvalue weighted by Gasteiger charge is 2.26. The monoisotopic (exact) mass is 288 g/mol. The minimum absolute atomic E-state index is 0.275. The lowest BCUT2D eigenvalue weighted by Crippen LogP contribution is -2.41. The van der Waals surface area contributed by atoms with Crippen molar-refractivity contribution in [2.75, 3.05) is 13.6 Å². The molecular weight excluding hydrogens is 264 g/mol. The molecule has 0 saturated carbocycles. The van der Waals surface area contributed by atoms with Gasteiger partial charge in [-0.25, -0.2) is 13.4 Å². The van der Waals surface area contributed by atoms with Gasteiger partial charge >= 0.3 is 0 Å². The number of aromatic nitrogens is 2. The molecule has 0 saturated heterocycles. The van der Waals surface area contributed by atoms with Crippen molar-refractivity contribution in [2.45, 2.75) is 38.6 Å². The van der Waals surface area contributed by atoms with Crippen molar-refractivity contribution in [3.8, 4) is 0 Å². The lowest BCUT2D eigenvalue weighted by molar-refractivity contribution is 0.438. The van der Waals surface area contributed by atoms with Gasteiger partial charge in [-0.3, -0.25) is 0 Å². The van der Waals surface area contributed by atoms with Crippen molar-refractivity contribution >= 4 is 10.0 Å². The SMILES string of the molecule is CC(C)NCC(C)S(=O)(=O)N(C)Cc1nccn1C. The number of rotatable bonds is 7. The van der Waals surface area contributed by atoms with Crippen LogP contribution in [0.2, 0.25) is 0 Å². The molecule has 0 aromatic carbocycles. The second kappa shape index (κ2) is 6.49. The summed E-state index contributed by atoms with van der Waals surface area (Å²) in [7, 11) is 0.137. The number of hydrogen-bond acceptors (Lipinski definition) is 4. The van der Waals surface area contributed by atoms with E-state index in [1.165, 1.54) is 4.31 Å². The maximum Gasteiger partial charge on any atom is 0.218 e. The van der Waals surface area contributed by atoms with Crippen molar-refractivity contribution in [1.29, 1.82) is 0 Å². The summed E-state index contributed by atoms with van der Waals surface area (Å²) in [6.45, 7) is 6.45. The first kappa shape index (κ1) is 16.1. The predicted octanol–water partition coefficient (Wildman–Crippen LogP) is 0.568. The zero-order chi connectivity index (χ0) is 14.6. The van der Waals surface area contributed by atoms with Crippen LogP contribution in [0, 0.1) is 0 Å². The molecule has 6 nitrogen and oxygen atoms in total. The summed E-state index contributed by atoms with van der Waals surface area (Å²) in [6, 6.07) is 0.275. The topological polar surface area (TPSA) is 67.2 Å². The molecule has 0 fully saturated rings. The smallest absolute Gasteiger partial charge is 0.218 e. The Morgan fingerprint density at radius 1 is 1.42 bits per heavy atom. The maximum atomic E-state index is 12.3. The van der Waals surface area contributed by atoms with Gasteiger partial charge in [-0.1, -0.05) is 13.8 Å². The number of sulfonamides is 1. The van der Waals surface area contributed by atoms with Gasteiger partial charge in [0.25, 0.3) is 0 Å². The van der Waals surface area contributed by atoms with Crippen molar-refractivity contribution in [2.24, 2.45) is 7.05 Å². The first-order valence-electron chi connectivity index (χ1n) is 6.40. The van der Waals surface area contributed by atoms with Crippen molar-refractivity contribution < 1.29 is 8.42 Å². The van der Waals surface area contributed by atoms with Crippen molar-refractivity contribution in [3.05, 3.63) is 18.2 Å². The van der Waals surface area contributed by atoms with Crippen molar-refractivity contribution in [3.63, 3.8) is 0 Å². The fourth-order valence-corrected chi connectivity index (χ4v) is 2.87. The van der Waals surface area contributed by atoms with Gasteiger partial charge in [-0.15, -0.1) is 0 Å². The number of nitrogens with one attached hydrogen (secondary N) is 1. The molecule has 0 aliphatic rings. The third-order valence-corrected chi connectivity index (χ3v) is 5.22. The van der Waals surface area contributed by atoms with E-state index >= 15 is 0 Å². The summed E-state index contributed by atoms with van der Waals surface area (Å²) in [5, 5.41) is 2.69. The van der Waals surface area contributed by atoms with E-state index in [2.05, 4.69) is 10.3 Å². The second-order valence-corrected chi connectivity index (χ2v) is 7.59. The van der Waals surface area contributed by atoms with Crippen LogP contribution in [0.5, 0.6) is 0 Å². The molecule has 1 aromatic heterocycles. The van der Waals surface area contributed by atoms with E-state index in [-0.39, 0.29) is 12.6 Å². The molecule has 0 radical (unpaired) electrons. The van der Waals surface area contributed by atoms with Crippen LogP contribution in [-0.2, 0) is 23.6 Å². The quantitative estimate of drug-likeness (QED) is 0.796. The Bertz CT molecular complexity index is 496. The highest BCUT2D eigenvalue weighted by molar-refractivity contribution is 7.89. The standard InChI is InChI=1S/C12H24N4O2S/c1-10(2)14-8-11(3)19(17,18)16(5)9-12-13-6-7-15(12)4/h6-7,10-11,14H,8-9H2,1-5H3. The molecule has 1 aromatic rings. The number of hydrogen-bond donors (Lipinski definition) is 1. The van der Waals surface area contributed by atoms with Crippen molar-refractivity contribution in [1.82, 2.24) is 19.2 Å². The predicted molar refractivity (Wildman–Crippen MR) is 76.2 cm³/mol. The van der Waals surface area contributed by atoms with Crippen LogP contribution in [0.3, 0.4) is 0 Å². The minimum atomic E-state index is -3.31. The molecule has 0 aliphatic carbocycles. The van der Waals surface area contributed by atoms with E-state index in [1.54, 1.807) is 26.4 Å². The van der Waals surface area contributed by atoms with Gasteiger partial charge in [0.15, 0.2) is 0 Å². The summed E-state index contributed by atoms with van der Waals surface area (Å²) in [5.41, 5.74) is 0. The van der Waals surface area contributed by atoms with Crippen LogP contribution in [0.4, 0.5) is 0 Å². The number of nitrogens with zero attached hydrogens (tertiary/aromatic N) is 3. The molecule has 1 rings (SSSR count). The minimum Gasteiger partial charge on any atom is -0.337 e. The van der Waals surface area contributed by atoms with E-state index in [0.717, 1.165) is 5.82 Å². The van der Waals surface area contributed by atoms with Gasteiger partial charge in [-0.2, -0.15) is 4.31 Å². The molecule has 0 bridgehead atoms. The Morgan fingerprint density at radius 3 is 2.53 bits per heavy atom. The van der Waals surface area contributed by atoms with E-state index in [1.807, 2.05) is 25.5 Å². The number of aryl methyl sites for hydroxylation is 1. The summed E-state index contributed by atoms with van der Waals surface area (Å²) >= 11 is 0. The number of imidazole rings is 1. The van der Waals surface area contributed by atoms with E-state index in [9.17, 15) is 8.42 Å². The molecular formula is C12H24N4O2S. The molecule has 110 valence electrons.